The molecule has 3 rings (SSSR count). The topological polar surface area (TPSA) is 26.3 Å². The van der Waals surface area contributed by atoms with Gasteiger partial charge in [-0.2, -0.15) is 0 Å². The summed E-state index contributed by atoms with van der Waals surface area (Å²) in [6.45, 7) is 14.8. The van der Waals surface area contributed by atoms with Crippen LogP contribution in [0.1, 0.15) is 66.2 Å². The summed E-state index contributed by atoms with van der Waals surface area (Å²) in [6.07, 6.45) is 11.5. The second-order valence-corrected chi connectivity index (χ2v) is 15.4. The monoisotopic (exact) mass is 362 g/mol. The average Bonchev–Trinajstić information content (AvgIpc) is 2.85. The molecule has 1 spiro atoms. The van der Waals surface area contributed by atoms with Crippen LogP contribution in [-0.2, 0) is 9.22 Å². The summed E-state index contributed by atoms with van der Waals surface area (Å²) in [6, 6.07) is 0. The van der Waals surface area contributed by atoms with Crippen molar-refractivity contribution >= 4 is 14.1 Å². The average molecular weight is 363 g/mol. The van der Waals surface area contributed by atoms with Crippen molar-refractivity contribution in [2.45, 2.75) is 84.4 Å². The van der Waals surface area contributed by atoms with E-state index in [-0.39, 0.29) is 16.4 Å². The first kappa shape index (κ1) is 19.4. The summed E-state index contributed by atoms with van der Waals surface area (Å²) in [7, 11) is -1.72. The maximum Gasteiger partial charge on any atom is 0.191 e. The van der Waals surface area contributed by atoms with Crippen molar-refractivity contribution in [2.24, 2.45) is 29.1 Å². The third-order valence-electron chi connectivity index (χ3n) is 8.10. The van der Waals surface area contributed by atoms with Crippen molar-refractivity contribution in [3.05, 3.63) is 12.2 Å². The summed E-state index contributed by atoms with van der Waals surface area (Å²) in [4.78, 5) is 13.5. The van der Waals surface area contributed by atoms with E-state index >= 15 is 0 Å². The first-order chi connectivity index (χ1) is 11.6. The van der Waals surface area contributed by atoms with E-state index in [2.05, 4.69) is 52.9 Å². The van der Waals surface area contributed by atoms with E-state index in [1.54, 1.807) is 0 Å². The van der Waals surface area contributed by atoms with Gasteiger partial charge in [-0.3, -0.25) is 4.79 Å². The van der Waals surface area contributed by atoms with Gasteiger partial charge in [0, 0.05) is 17.9 Å². The van der Waals surface area contributed by atoms with Crippen molar-refractivity contribution in [1.29, 1.82) is 0 Å². The Labute approximate surface area is 155 Å². The minimum Gasteiger partial charge on any atom is -0.417 e. The van der Waals surface area contributed by atoms with Crippen LogP contribution in [0.25, 0.3) is 0 Å². The summed E-state index contributed by atoms with van der Waals surface area (Å²) < 4.78 is 6.58. The fourth-order valence-electron chi connectivity index (χ4n) is 5.46. The molecule has 2 saturated carbocycles. The van der Waals surface area contributed by atoms with E-state index in [9.17, 15) is 4.79 Å². The number of carbonyl (C=O) groups is 1. The summed E-state index contributed by atoms with van der Waals surface area (Å²) in [5.41, 5.74) is -0.0279. The van der Waals surface area contributed by atoms with Crippen LogP contribution < -0.4 is 0 Å². The molecule has 0 N–H and O–H groups in total. The lowest BCUT2D eigenvalue weighted by atomic mass is 9.64. The highest BCUT2D eigenvalue weighted by Crippen LogP contribution is 2.57. The molecule has 0 aliphatic heterocycles. The van der Waals surface area contributed by atoms with E-state index in [0.717, 1.165) is 25.9 Å². The third-order valence-corrected chi connectivity index (χ3v) is 12.6. The molecule has 2 fully saturated rings. The smallest absolute Gasteiger partial charge is 0.191 e. The van der Waals surface area contributed by atoms with Gasteiger partial charge < -0.3 is 4.43 Å². The normalized spacial score (nSPS) is 39.0. The van der Waals surface area contributed by atoms with Crippen LogP contribution in [0, 0.1) is 29.1 Å². The molecule has 5 atom stereocenters. The summed E-state index contributed by atoms with van der Waals surface area (Å²) in [5.74, 6) is 2.36. The van der Waals surface area contributed by atoms with E-state index < -0.39 is 8.32 Å². The molecule has 142 valence electrons. The van der Waals surface area contributed by atoms with Gasteiger partial charge in [-0.05, 0) is 68.0 Å². The van der Waals surface area contributed by atoms with Crippen LogP contribution in [-0.4, -0.2) is 20.7 Å². The molecule has 0 aromatic carbocycles. The molecule has 3 aliphatic rings. The van der Waals surface area contributed by atoms with E-state index in [4.69, 9.17) is 4.43 Å². The SMILES string of the molecule is C[C@@H]1CC=C[C@@H]2C[C@H](CO[Si](C)(C)C(C)(C)C)C[C@@H]3CCC[C@@]31C2=O. The fraction of sp³-hybridized carbons (Fsp3) is 0.864. The van der Waals surface area contributed by atoms with Gasteiger partial charge in [0.2, 0.25) is 0 Å². The Bertz CT molecular complexity index is 545. The Morgan fingerprint density at radius 1 is 1.28 bits per heavy atom. The maximum atomic E-state index is 13.5. The number of fused-ring (bicyclic) bond motifs is 1. The zero-order valence-electron chi connectivity index (χ0n) is 17.2. The van der Waals surface area contributed by atoms with Crippen LogP contribution in [0.2, 0.25) is 18.1 Å². The van der Waals surface area contributed by atoms with Crippen LogP contribution >= 0.6 is 0 Å². The summed E-state index contributed by atoms with van der Waals surface area (Å²) >= 11 is 0. The highest BCUT2D eigenvalue weighted by molar-refractivity contribution is 6.74. The minimum absolute atomic E-state index is 0.0279. The molecule has 0 aromatic heterocycles. The highest BCUT2D eigenvalue weighted by Gasteiger charge is 2.56. The largest absolute Gasteiger partial charge is 0.417 e. The number of hydrogen-bond donors (Lipinski definition) is 0. The van der Waals surface area contributed by atoms with Crippen molar-refractivity contribution in [2.75, 3.05) is 6.61 Å². The van der Waals surface area contributed by atoms with E-state index in [1.165, 1.54) is 19.3 Å². The molecular formula is C22H38O2Si. The molecule has 0 heterocycles. The van der Waals surface area contributed by atoms with Gasteiger partial charge in [0.25, 0.3) is 0 Å². The zero-order chi connectivity index (χ0) is 18.5. The minimum atomic E-state index is -1.72. The van der Waals surface area contributed by atoms with Crippen LogP contribution in [0.4, 0.5) is 0 Å². The predicted molar refractivity (Wildman–Crippen MR) is 107 cm³/mol. The number of rotatable bonds is 3. The van der Waals surface area contributed by atoms with Gasteiger partial charge >= 0.3 is 0 Å². The zero-order valence-corrected chi connectivity index (χ0v) is 18.2. The van der Waals surface area contributed by atoms with Gasteiger partial charge in [-0.15, -0.1) is 0 Å². The van der Waals surface area contributed by atoms with Gasteiger partial charge in [-0.1, -0.05) is 46.3 Å². The van der Waals surface area contributed by atoms with E-state index in [0.29, 0.717) is 23.5 Å². The summed E-state index contributed by atoms with van der Waals surface area (Å²) in [5, 5.41) is 0.254. The Hall–Kier alpha value is -0.413. The number of allylic oxidation sites excluding steroid dienone is 2. The molecule has 2 bridgehead atoms. The molecule has 0 unspecified atom stereocenters. The fourth-order valence-corrected chi connectivity index (χ4v) is 6.54. The molecule has 0 radical (unpaired) electrons. The molecular weight excluding hydrogens is 324 g/mol. The van der Waals surface area contributed by atoms with Crippen LogP contribution in [0.15, 0.2) is 12.2 Å². The second-order valence-electron chi connectivity index (χ2n) is 10.6. The lowest BCUT2D eigenvalue weighted by Gasteiger charge is -2.39. The Morgan fingerprint density at radius 2 is 2.00 bits per heavy atom. The number of carbonyl (C=O) groups excluding carboxylic acids is 1. The Balaban J connectivity index is 1.80. The van der Waals surface area contributed by atoms with Crippen LogP contribution in [0.3, 0.4) is 0 Å². The number of hydrogen-bond acceptors (Lipinski definition) is 2. The highest BCUT2D eigenvalue weighted by atomic mass is 28.4. The molecule has 3 heteroatoms. The predicted octanol–water partition coefficient (Wildman–Crippen LogP) is 5.99. The van der Waals surface area contributed by atoms with Crippen molar-refractivity contribution in [3.63, 3.8) is 0 Å². The lowest BCUT2D eigenvalue weighted by Crippen LogP contribution is -2.42. The van der Waals surface area contributed by atoms with E-state index in [1.807, 2.05) is 0 Å². The van der Waals surface area contributed by atoms with Crippen LogP contribution in [0.5, 0.6) is 0 Å². The van der Waals surface area contributed by atoms with Crippen molar-refractivity contribution in [3.8, 4) is 0 Å². The third kappa shape index (κ3) is 3.31. The van der Waals surface area contributed by atoms with Crippen molar-refractivity contribution < 1.29 is 9.22 Å². The standard InChI is InChI=1S/C22H38O2Si/c1-16-9-7-10-18-13-17(15-24-25(5,6)21(2,3)4)14-19-11-8-12-22(16,19)20(18)23/h7,10,16-19H,8-9,11-15H2,1-6H3/t16-,17+,18-,19+,22+/m1/s1. The lowest BCUT2D eigenvalue weighted by molar-refractivity contribution is -0.135. The molecule has 3 aliphatic carbocycles. The van der Waals surface area contributed by atoms with Crippen molar-refractivity contribution in [1.82, 2.24) is 0 Å². The quantitative estimate of drug-likeness (QED) is 0.455. The molecule has 0 saturated heterocycles. The molecule has 0 amide bonds. The molecule has 2 nitrogen and oxygen atoms in total. The Kier molecular flexibility index (Phi) is 5.14. The Morgan fingerprint density at radius 3 is 2.68 bits per heavy atom. The van der Waals surface area contributed by atoms with Gasteiger partial charge in [-0.25, -0.2) is 0 Å². The molecule has 25 heavy (non-hydrogen) atoms. The van der Waals surface area contributed by atoms with Gasteiger partial charge in [0.15, 0.2) is 8.32 Å². The maximum absolute atomic E-state index is 13.5. The number of ketones is 1. The van der Waals surface area contributed by atoms with Gasteiger partial charge in [0.1, 0.15) is 5.78 Å². The molecule has 0 aromatic rings. The second kappa shape index (κ2) is 6.63. The number of Topliss-reactive ketones (excluding diaryl/α,β-unsaturated/α-hetero) is 1. The first-order valence-electron chi connectivity index (χ1n) is 10.4. The van der Waals surface area contributed by atoms with Gasteiger partial charge in [0.05, 0.1) is 0 Å². The first-order valence-corrected chi connectivity index (χ1v) is 13.3.